The van der Waals surface area contributed by atoms with Gasteiger partial charge in [-0.1, -0.05) is 0 Å². The molecule has 1 aromatic carbocycles. The SMILES string of the molecule is Cc1cc(NC(C)CS(C)=O)ccc1C#N. The van der Waals surface area contributed by atoms with E-state index in [2.05, 4.69) is 11.4 Å². The Morgan fingerprint density at radius 3 is 2.75 bits per heavy atom. The molecule has 0 heterocycles. The van der Waals surface area contributed by atoms with E-state index >= 15 is 0 Å². The van der Waals surface area contributed by atoms with Crippen molar-refractivity contribution in [3.05, 3.63) is 29.3 Å². The lowest BCUT2D eigenvalue weighted by molar-refractivity contribution is 0.683. The number of nitriles is 1. The summed E-state index contributed by atoms with van der Waals surface area (Å²) in [6, 6.07) is 7.91. The molecule has 2 atom stereocenters. The normalized spacial score (nSPS) is 13.9. The van der Waals surface area contributed by atoms with Crippen LogP contribution in [0.2, 0.25) is 0 Å². The van der Waals surface area contributed by atoms with E-state index in [4.69, 9.17) is 5.26 Å². The number of hydrogen-bond donors (Lipinski definition) is 1. The second kappa shape index (κ2) is 5.66. The van der Waals surface area contributed by atoms with Crippen molar-refractivity contribution >= 4 is 16.5 Å². The molecule has 0 bridgehead atoms. The Morgan fingerprint density at radius 1 is 1.56 bits per heavy atom. The number of benzene rings is 1. The molecule has 0 amide bonds. The first-order chi connectivity index (χ1) is 7.52. The van der Waals surface area contributed by atoms with Crippen LogP contribution in [0.4, 0.5) is 5.69 Å². The van der Waals surface area contributed by atoms with Crippen LogP contribution in [0.5, 0.6) is 0 Å². The van der Waals surface area contributed by atoms with Gasteiger partial charge in [0, 0.05) is 34.5 Å². The average Bonchev–Trinajstić information content (AvgIpc) is 2.16. The van der Waals surface area contributed by atoms with Crippen LogP contribution in [0.25, 0.3) is 0 Å². The van der Waals surface area contributed by atoms with Crippen LogP contribution in [0.1, 0.15) is 18.1 Å². The monoisotopic (exact) mass is 236 g/mol. The summed E-state index contributed by atoms with van der Waals surface area (Å²) in [6.45, 7) is 3.90. The van der Waals surface area contributed by atoms with Crippen LogP contribution in [0, 0.1) is 18.3 Å². The molecule has 0 spiro atoms. The molecule has 0 aliphatic rings. The van der Waals surface area contributed by atoms with Crippen molar-refractivity contribution in [1.29, 1.82) is 5.26 Å². The molecular formula is C12H16N2OS. The van der Waals surface area contributed by atoms with E-state index in [1.807, 2.05) is 26.0 Å². The molecule has 0 fully saturated rings. The molecule has 4 heteroatoms. The first-order valence-electron chi connectivity index (χ1n) is 5.10. The Kier molecular flexibility index (Phi) is 4.51. The van der Waals surface area contributed by atoms with E-state index in [0.29, 0.717) is 11.3 Å². The molecule has 0 radical (unpaired) electrons. The van der Waals surface area contributed by atoms with Crippen LogP contribution >= 0.6 is 0 Å². The lowest BCUT2D eigenvalue weighted by atomic mass is 10.1. The number of nitrogens with zero attached hydrogens (tertiary/aromatic N) is 1. The molecule has 0 saturated carbocycles. The third-order valence-electron chi connectivity index (χ3n) is 2.24. The summed E-state index contributed by atoms with van der Waals surface area (Å²) < 4.78 is 11.0. The molecule has 0 aromatic heterocycles. The van der Waals surface area contributed by atoms with Gasteiger partial charge in [0.05, 0.1) is 11.6 Å². The minimum absolute atomic E-state index is 0.165. The summed E-state index contributed by atoms with van der Waals surface area (Å²) in [5, 5.41) is 12.1. The van der Waals surface area contributed by atoms with E-state index in [0.717, 1.165) is 11.3 Å². The van der Waals surface area contributed by atoms with Gasteiger partial charge in [-0.25, -0.2) is 0 Å². The van der Waals surface area contributed by atoms with Gasteiger partial charge in [0.25, 0.3) is 0 Å². The summed E-state index contributed by atoms with van der Waals surface area (Å²) in [4.78, 5) is 0. The number of nitrogens with one attached hydrogen (secondary N) is 1. The number of rotatable bonds is 4. The summed E-state index contributed by atoms with van der Waals surface area (Å²) in [6.07, 6.45) is 1.70. The fraction of sp³-hybridized carbons (Fsp3) is 0.417. The zero-order valence-electron chi connectivity index (χ0n) is 9.78. The Hall–Kier alpha value is -1.34. The number of aryl methyl sites for hydroxylation is 1. The first kappa shape index (κ1) is 12.7. The molecule has 1 N–H and O–H groups in total. The third-order valence-corrected chi connectivity index (χ3v) is 3.21. The highest BCUT2D eigenvalue weighted by Crippen LogP contribution is 2.15. The van der Waals surface area contributed by atoms with Crippen molar-refractivity contribution in [3.63, 3.8) is 0 Å². The molecule has 86 valence electrons. The van der Waals surface area contributed by atoms with Gasteiger partial charge >= 0.3 is 0 Å². The van der Waals surface area contributed by atoms with Gasteiger partial charge in [-0.3, -0.25) is 4.21 Å². The van der Waals surface area contributed by atoms with E-state index < -0.39 is 10.8 Å². The Balaban J connectivity index is 2.72. The van der Waals surface area contributed by atoms with Gasteiger partial charge in [-0.2, -0.15) is 5.26 Å². The molecule has 16 heavy (non-hydrogen) atoms. The van der Waals surface area contributed by atoms with Crippen molar-refractivity contribution in [2.45, 2.75) is 19.9 Å². The van der Waals surface area contributed by atoms with Crippen LogP contribution < -0.4 is 5.32 Å². The maximum Gasteiger partial charge on any atom is 0.0994 e. The van der Waals surface area contributed by atoms with Crippen molar-refractivity contribution in [2.24, 2.45) is 0 Å². The van der Waals surface area contributed by atoms with E-state index in [1.165, 1.54) is 0 Å². The van der Waals surface area contributed by atoms with Gasteiger partial charge < -0.3 is 5.32 Å². The Morgan fingerprint density at radius 2 is 2.25 bits per heavy atom. The van der Waals surface area contributed by atoms with Crippen molar-refractivity contribution in [2.75, 3.05) is 17.3 Å². The molecular weight excluding hydrogens is 220 g/mol. The molecule has 0 aliphatic carbocycles. The largest absolute Gasteiger partial charge is 0.382 e. The molecule has 0 saturated heterocycles. The van der Waals surface area contributed by atoms with Gasteiger partial charge in [0.15, 0.2) is 0 Å². The second-order valence-corrected chi connectivity index (χ2v) is 5.41. The maximum atomic E-state index is 11.0. The second-order valence-electron chi connectivity index (χ2n) is 3.93. The van der Waals surface area contributed by atoms with Crippen LogP contribution in [-0.4, -0.2) is 22.3 Å². The zero-order chi connectivity index (χ0) is 12.1. The van der Waals surface area contributed by atoms with Crippen LogP contribution in [-0.2, 0) is 10.8 Å². The predicted octanol–water partition coefficient (Wildman–Crippen LogP) is 2.05. The Labute approximate surface area is 98.9 Å². The Bertz CT molecular complexity index is 437. The fourth-order valence-electron chi connectivity index (χ4n) is 1.56. The van der Waals surface area contributed by atoms with E-state index in [9.17, 15) is 4.21 Å². The summed E-state index contributed by atoms with van der Waals surface area (Å²) in [7, 11) is -0.796. The number of hydrogen-bond acceptors (Lipinski definition) is 3. The third kappa shape index (κ3) is 3.67. The molecule has 2 unspecified atom stereocenters. The van der Waals surface area contributed by atoms with E-state index in [1.54, 1.807) is 12.3 Å². The van der Waals surface area contributed by atoms with Gasteiger partial charge in [0.2, 0.25) is 0 Å². The summed E-state index contributed by atoms with van der Waals surface area (Å²) >= 11 is 0. The summed E-state index contributed by atoms with van der Waals surface area (Å²) in [5.74, 6) is 0.624. The van der Waals surface area contributed by atoms with E-state index in [-0.39, 0.29) is 6.04 Å². The fourth-order valence-corrected chi connectivity index (χ4v) is 2.34. The first-order valence-corrected chi connectivity index (χ1v) is 6.83. The smallest absolute Gasteiger partial charge is 0.0994 e. The van der Waals surface area contributed by atoms with Crippen molar-refractivity contribution in [3.8, 4) is 6.07 Å². The minimum atomic E-state index is -0.796. The average molecular weight is 236 g/mol. The van der Waals surface area contributed by atoms with Gasteiger partial charge in [-0.05, 0) is 37.6 Å². The number of anilines is 1. The maximum absolute atomic E-state index is 11.0. The highest BCUT2D eigenvalue weighted by Gasteiger charge is 2.05. The highest BCUT2D eigenvalue weighted by atomic mass is 32.2. The standard InChI is InChI=1S/C12H16N2OS/c1-9-6-12(5-4-11(9)7-13)14-10(2)8-16(3)15/h4-6,10,14H,8H2,1-3H3. The van der Waals surface area contributed by atoms with Crippen molar-refractivity contribution in [1.82, 2.24) is 0 Å². The van der Waals surface area contributed by atoms with Crippen molar-refractivity contribution < 1.29 is 4.21 Å². The molecule has 3 nitrogen and oxygen atoms in total. The zero-order valence-corrected chi connectivity index (χ0v) is 10.6. The van der Waals surface area contributed by atoms with Crippen LogP contribution in [0.15, 0.2) is 18.2 Å². The quantitative estimate of drug-likeness (QED) is 0.870. The lowest BCUT2D eigenvalue weighted by Crippen LogP contribution is -2.22. The lowest BCUT2D eigenvalue weighted by Gasteiger charge is -2.14. The topological polar surface area (TPSA) is 52.9 Å². The van der Waals surface area contributed by atoms with Crippen LogP contribution in [0.3, 0.4) is 0 Å². The van der Waals surface area contributed by atoms with Gasteiger partial charge in [-0.15, -0.1) is 0 Å². The molecule has 0 aliphatic heterocycles. The molecule has 1 rings (SSSR count). The minimum Gasteiger partial charge on any atom is -0.382 e. The highest BCUT2D eigenvalue weighted by molar-refractivity contribution is 7.84. The summed E-state index contributed by atoms with van der Waals surface area (Å²) in [5.41, 5.74) is 2.61. The molecule has 1 aromatic rings. The predicted molar refractivity (Wildman–Crippen MR) is 67.9 cm³/mol. The van der Waals surface area contributed by atoms with Gasteiger partial charge in [0.1, 0.15) is 0 Å².